The lowest BCUT2D eigenvalue weighted by Crippen LogP contribution is -2.44. The van der Waals surface area contributed by atoms with Crippen molar-refractivity contribution >= 4 is 23.0 Å². The average Bonchev–Trinajstić information content (AvgIpc) is 2.64. The Hall–Kier alpha value is -2.77. The maximum absolute atomic E-state index is 12.1. The van der Waals surface area contributed by atoms with Gasteiger partial charge >= 0.3 is 0 Å². The number of carbonyl (C=O) groups is 1. The molecule has 2 aromatic rings. The Morgan fingerprint density at radius 1 is 1.04 bits per heavy atom. The van der Waals surface area contributed by atoms with E-state index in [4.69, 9.17) is 5.11 Å². The number of benzene rings is 2. The van der Waals surface area contributed by atoms with Crippen molar-refractivity contribution in [3.8, 4) is 0 Å². The Morgan fingerprint density at radius 3 is 1.96 bits per heavy atom. The molecule has 3 N–H and O–H groups in total. The van der Waals surface area contributed by atoms with E-state index in [9.17, 15) is 9.90 Å². The summed E-state index contributed by atoms with van der Waals surface area (Å²) >= 11 is 0. The molecule has 0 aliphatic heterocycles. The number of aliphatic hydroxyl groups excluding tert-OH is 2. The molecule has 0 unspecified atom stereocenters. The van der Waals surface area contributed by atoms with Crippen molar-refractivity contribution in [3.05, 3.63) is 54.1 Å². The largest absolute Gasteiger partial charge is 0.394 e. The SMILES string of the molecule is C[C@H](O)[C@H](CO)NC(=O)c1ccc(N=Nc2ccc(N(C)C)cc2)cc1. The molecular weight excluding hydrogens is 332 g/mol. The maximum Gasteiger partial charge on any atom is 0.251 e. The van der Waals surface area contributed by atoms with Crippen LogP contribution < -0.4 is 10.2 Å². The molecule has 2 aromatic carbocycles. The highest BCUT2D eigenvalue weighted by atomic mass is 16.3. The normalized spacial score (nSPS) is 13.4. The van der Waals surface area contributed by atoms with E-state index in [0.717, 1.165) is 11.4 Å². The number of rotatable bonds is 7. The van der Waals surface area contributed by atoms with Gasteiger partial charge in [0.15, 0.2) is 0 Å². The number of nitrogens with one attached hydrogen (secondary N) is 1. The van der Waals surface area contributed by atoms with E-state index in [1.54, 1.807) is 24.3 Å². The van der Waals surface area contributed by atoms with Crippen LogP contribution in [-0.4, -0.2) is 49.0 Å². The van der Waals surface area contributed by atoms with E-state index in [1.807, 2.05) is 43.3 Å². The summed E-state index contributed by atoms with van der Waals surface area (Å²) in [6.45, 7) is 1.18. The molecule has 2 rings (SSSR count). The van der Waals surface area contributed by atoms with E-state index < -0.39 is 12.1 Å². The molecule has 0 radical (unpaired) electrons. The van der Waals surface area contributed by atoms with Gasteiger partial charge in [0.2, 0.25) is 0 Å². The minimum Gasteiger partial charge on any atom is -0.394 e. The highest BCUT2D eigenvalue weighted by Gasteiger charge is 2.17. The Bertz CT molecular complexity index is 740. The zero-order valence-electron chi connectivity index (χ0n) is 15.1. The van der Waals surface area contributed by atoms with E-state index >= 15 is 0 Å². The van der Waals surface area contributed by atoms with Crippen molar-refractivity contribution in [2.45, 2.75) is 19.1 Å². The Balaban J connectivity index is 2.01. The molecule has 0 aromatic heterocycles. The van der Waals surface area contributed by atoms with E-state index in [1.165, 1.54) is 6.92 Å². The second-order valence-corrected chi connectivity index (χ2v) is 6.16. The van der Waals surface area contributed by atoms with Gasteiger partial charge in [-0.15, -0.1) is 0 Å². The van der Waals surface area contributed by atoms with Crippen LogP contribution in [0.1, 0.15) is 17.3 Å². The van der Waals surface area contributed by atoms with Crippen molar-refractivity contribution in [3.63, 3.8) is 0 Å². The molecule has 0 aliphatic rings. The van der Waals surface area contributed by atoms with Gasteiger partial charge in [0.1, 0.15) is 0 Å². The van der Waals surface area contributed by atoms with Crippen LogP contribution >= 0.6 is 0 Å². The lowest BCUT2D eigenvalue weighted by molar-refractivity contribution is 0.0758. The van der Waals surface area contributed by atoms with Crippen LogP contribution in [0.4, 0.5) is 17.1 Å². The number of hydrogen-bond acceptors (Lipinski definition) is 6. The first kappa shape index (κ1) is 19.6. The van der Waals surface area contributed by atoms with Crippen LogP contribution in [-0.2, 0) is 0 Å². The molecule has 0 saturated carbocycles. The first-order valence-corrected chi connectivity index (χ1v) is 8.29. The second kappa shape index (κ2) is 9.07. The van der Waals surface area contributed by atoms with E-state index in [2.05, 4.69) is 15.5 Å². The lowest BCUT2D eigenvalue weighted by atomic mass is 10.1. The van der Waals surface area contributed by atoms with Gasteiger partial charge in [-0.3, -0.25) is 4.79 Å². The molecular formula is C19H24N4O3. The molecule has 0 heterocycles. The van der Waals surface area contributed by atoms with Crippen molar-refractivity contribution in [2.75, 3.05) is 25.6 Å². The van der Waals surface area contributed by atoms with Crippen molar-refractivity contribution in [2.24, 2.45) is 10.2 Å². The van der Waals surface area contributed by atoms with Gasteiger partial charge in [-0.1, -0.05) is 0 Å². The fraction of sp³-hybridized carbons (Fsp3) is 0.316. The standard InChI is InChI=1S/C19H24N4O3/c1-13(25)18(12-24)20-19(26)14-4-6-15(7-5-14)21-22-16-8-10-17(11-9-16)23(2)3/h4-11,13,18,24-25H,12H2,1-3H3,(H,20,26)/t13-,18-/m0/s1. The summed E-state index contributed by atoms with van der Waals surface area (Å²) < 4.78 is 0. The third-order valence-corrected chi connectivity index (χ3v) is 3.87. The number of azo groups is 1. The van der Waals surface area contributed by atoms with Gasteiger partial charge in [-0.2, -0.15) is 10.2 Å². The number of nitrogens with zero attached hydrogens (tertiary/aromatic N) is 3. The van der Waals surface area contributed by atoms with Gasteiger partial charge < -0.3 is 20.4 Å². The molecule has 0 spiro atoms. The minimum absolute atomic E-state index is 0.331. The molecule has 7 heteroatoms. The van der Waals surface area contributed by atoms with Crippen molar-refractivity contribution in [1.29, 1.82) is 0 Å². The highest BCUT2D eigenvalue weighted by molar-refractivity contribution is 5.94. The highest BCUT2D eigenvalue weighted by Crippen LogP contribution is 2.21. The summed E-state index contributed by atoms with van der Waals surface area (Å²) in [5.74, 6) is -0.368. The molecule has 138 valence electrons. The topological polar surface area (TPSA) is 97.5 Å². The van der Waals surface area contributed by atoms with Crippen LogP contribution in [0.15, 0.2) is 58.8 Å². The third kappa shape index (κ3) is 5.37. The van der Waals surface area contributed by atoms with Gasteiger partial charge in [0, 0.05) is 25.3 Å². The predicted octanol–water partition coefficient (Wildman–Crippen LogP) is 2.64. The van der Waals surface area contributed by atoms with Crippen LogP contribution in [0.5, 0.6) is 0 Å². The molecule has 0 saturated heterocycles. The molecule has 7 nitrogen and oxygen atoms in total. The van der Waals surface area contributed by atoms with Gasteiger partial charge in [-0.05, 0) is 55.5 Å². The fourth-order valence-electron chi connectivity index (χ4n) is 2.18. The van der Waals surface area contributed by atoms with Crippen LogP contribution in [0.3, 0.4) is 0 Å². The summed E-state index contributed by atoms with van der Waals surface area (Å²) in [6.07, 6.45) is -0.837. The summed E-state index contributed by atoms with van der Waals surface area (Å²) in [7, 11) is 3.94. The smallest absolute Gasteiger partial charge is 0.251 e. The number of carbonyl (C=O) groups excluding carboxylic acids is 1. The Kier molecular flexibility index (Phi) is 6.82. The summed E-state index contributed by atoms with van der Waals surface area (Å²) in [5.41, 5.74) is 2.85. The van der Waals surface area contributed by atoms with E-state index in [0.29, 0.717) is 11.3 Å². The first-order chi connectivity index (χ1) is 12.4. The van der Waals surface area contributed by atoms with Gasteiger partial charge in [0.05, 0.1) is 30.1 Å². The monoisotopic (exact) mass is 356 g/mol. The second-order valence-electron chi connectivity index (χ2n) is 6.16. The van der Waals surface area contributed by atoms with Gasteiger partial charge in [0.25, 0.3) is 5.91 Å². The zero-order chi connectivity index (χ0) is 19.1. The summed E-state index contributed by atoms with van der Waals surface area (Å²) in [6, 6.07) is 13.6. The van der Waals surface area contributed by atoms with Crippen LogP contribution in [0.2, 0.25) is 0 Å². The predicted molar refractivity (Wildman–Crippen MR) is 101 cm³/mol. The lowest BCUT2D eigenvalue weighted by Gasteiger charge is -2.18. The number of anilines is 1. The number of aliphatic hydroxyl groups is 2. The van der Waals surface area contributed by atoms with E-state index in [-0.39, 0.29) is 12.5 Å². The zero-order valence-corrected chi connectivity index (χ0v) is 15.1. The van der Waals surface area contributed by atoms with Crippen molar-refractivity contribution < 1.29 is 15.0 Å². The number of hydrogen-bond donors (Lipinski definition) is 3. The first-order valence-electron chi connectivity index (χ1n) is 8.29. The molecule has 0 aliphatic carbocycles. The van der Waals surface area contributed by atoms with Crippen LogP contribution in [0.25, 0.3) is 0 Å². The van der Waals surface area contributed by atoms with Crippen LogP contribution in [0, 0.1) is 0 Å². The average molecular weight is 356 g/mol. The third-order valence-electron chi connectivity index (χ3n) is 3.87. The fourth-order valence-corrected chi connectivity index (χ4v) is 2.18. The summed E-state index contributed by atoms with van der Waals surface area (Å²) in [4.78, 5) is 14.1. The molecule has 2 atom stereocenters. The van der Waals surface area contributed by atoms with Crippen molar-refractivity contribution in [1.82, 2.24) is 5.32 Å². The molecule has 0 bridgehead atoms. The Labute approximate surface area is 153 Å². The molecule has 0 fully saturated rings. The minimum atomic E-state index is -0.837. The molecule has 26 heavy (non-hydrogen) atoms. The molecule has 1 amide bonds. The quantitative estimate of drug-likeness (QED) is 0.664. The maximum atomic E-state index is 12.1. The Morgan fingerprint density at radius 2 is 1.54 bits per heavy atom. The van der Waals surface area contributed by atoms with Gasteiger partial charge in [-0.25, -0.2) is 0 Å². The number of amides is 1. The summed E-state index contributed by atoms with van der Waals surface area (Å²) in [5, 5.41) is 29.5.